The van der Waals surface area contributed by atoms with Gasteiger partial charge in [0.1, 0.15) is 0 Å². The van der Waals surface area contributed by atoms with E-state index in [2.05, 4.69) is 5.32 Å². The van der Waals surface area contributed by atoms with Gasteiger partial charge in [-0.25, -0.2) is 0 Å². The number of benzene rings is 1. The van der Waals surface area contributed by atoms with Gasteiger partial charge in [-0.2, -0.15) is 13.2 Å². The highest BCUT2D eigenvalue weighted by Crippen LogP contribution is 2.30. The summed E-state index contributed by atoms with van der Waals surface area (Å²) in [7, 11) is 0. The Kier molecular flexibility index (Phi) is 4.62. The largest absolute Gasteiger partial charge is 0.416 e. The number of anilines is 1. The van der Waals surface area contributed by atoms with E-state index in [4.69, 9.17) is 5.73 Å². The first-order valence-electron chi connectivity index (χ1n) is 5.96. The molecule has 0 aliphatic carbocycles. The van der Waals surface area contributed by atoms with Gasteiger partial charge in [0.15, 0.2) is 0 Å². The van der Waals surface area contributed by atoms with Gasteiger partial charge in [0, 0.05) is 11.2 Å². The minimum Gasteiger partial charge on any atom is -0.380 e. The summed E-state index contributed by atoms with van der Waals surface area (Å²) in [5.41, 5.74) is 5.40. The van der Waals surface area contributed by atoms with E-state index in [1.807, 2.05) is 13.8 Å². The SMILES string of the molecule is CCC(C)(CCN)Nc1ccc(C(F)(F)F)cc1. The molecule has 0 spiro atoms. The fourth-order valence-electron chi connectivity index (χ4n) is 1.74. The molecule has 1 rings (SSSR count). The molecule has 5 heteroatoms. The van der Waals surface area contributed by atoms with Crippen molar-refractivity contribution in [2.24, 2.45) is 5.73 Å². The van der Waals surface area contributed by atoms with E-state index in [0.717, 1.165) is 25.0 Å². The molecule has 2 nitrogen and oxygen atoms in total. The first-order valence-corrected chi connectivity index (χ1v) is 5.96. The van der Waals surface area contributed by atoms with Gasteiger partial charge >= 0.3 is 6.18 Å². The topological polar surface area (TPSA) is 38.0 Å². The highest BCUT2D eigenvalue weighted by atomic mass is 19.4. The lowest BCUT2D eigenvalue weighted by Gasteiger charge is -2.30. The summed E-state index contributed by atoms with van der Waals surface area (Å²) < 4.78 is 37.2. The van der Waals surface area contributed by atoms with Crippen LogP contribution in [0.4, 0.5) is 18.9 Å². The lowest BCUT2D eigenvalue weighted by Crippen LogP contribution is -2.36. The quantitative estimate of drug-likeness (QED) is 0.848. The van der Waals surface area contributed by atoms with Crippen LogP contribution in [0.25, 0.3) is 0 Å². The van der Waals surface area contributed by atoms with E-state index in [9.17, 15) is 13.2 Å². The van der Waals surface area contributed by atoms with Gasteiger partial charge in [0.2, 0.25) is 0 Å². The highest BCUT2D eigenvalue weighted by Gasteiger charge is 2.30. The summed E-state index contributed by atoms with van der Waals surface area (Å²) in [6.45, 7) is 4.57. The van der Waals surface area contributed by atoms with Gasteiger partial charge in [0.05, 0.1) is 5.56 Å². The molecule has 1 aromatic rings. The smallest absolute Gasteiger partial charge is 0.380 e. The number of alkyl halides is 3. The molecule has 0 aromatic heterocycles. The molecular formula is C13H19F3N2. The van der Waals surface area contributed by atoms with Crippen molar-refractivity contribution in [3.8, 4) is 0 Å². The van der Waals surface area contributed by atoms with Crippen LogP contribution in [0.5, 0.6) is 0 Å². The second-order valence-electron chi connectivity index (χ2n) is 4.65. The number of halogens is 3. The van der Waals surface area contributed by atoms with Crippen LogP contribution in [-0.2, 0) is 6.18 Å². The third-order valence-electron chi connectivity index (χ3n) is 3.13. The third kappa shape index (κ3) is 3.91. The summed E-state index contributed by atoms with van der Waals surface area (Å²) >= 11 is 0. The molecule has 18 heavy (non-hydrogen) atoms. The average Bonchev–Trinajstić information content (AvgIpc) is 2.29. The molecule has 1 unspecified atom stereocenters. The Morgan fingerprint density at radius 2 is 1.72 bits per heavy atom. The van der Waals surface area contributed by atoms with Crippen LogP contribution in [-0.4, -0.2) is 12.1 Å². The number of hydrogen-bond acceptors (Lipinski definition) is 2. The molecule has 0 saturated heterocycles. The number of nitrogens with two attached hydrogens (primary N) is 1. The lowest BCUT2D eigenvalue weighted by atomic mass is 9.94. The van der Waals surface area contributed by atoms with Crippen molar-refractivity contribution in [2.45, 2.75) is 38.4 Å². The number of hydrogen-bond donors (Lipinski definition) is 2. The molecule has 0 heterocycles. The predicted octanol–water partition coefficient (Wildman–Crippen LogP) is 3.63. The Balaban J connectivity index is 2.80. The maximum Gasteiger partial charge on any atom is 0.416 e. The van der Waals surface area contributed by atoms with Crippen LogP contribution in [0.1, 0.15) is 32.3 Å². The normalized spacial score (nSPS) is 15.2. The van der Waals surface area contributed by atoms with Crippen LogP contribution in [0.2, 0.25) is 0 Å². The van der Waals surface area contributed by atoms with Crippen LogP contribution >= 0.6 is 0 Å². The Morgan fingerprint density at radius 3 is 2.11 bits per heavy atom. The summed E-state index contributed by atoms with van der Waals surface area (Å²) in [5.74, 6) is 0. The monoisotopic (exact) mass is 260 g/mol. The van der Waals surface area contributed by atoms with E-state index < -0.39 is 11.7 Å². The summed E-state index contributed by atoms with van der Waals surface area (Å²) in [6, 6.07) is 5.07. The third-order valence-corrected chi connectivity index (χ3v) is 3.13. The maximum absolute atomic E-state index is 12.4. The van der Waals surface area contributed by atoms with Gasteiger partial charge in [0.25, 0.3) is 0 Å². The van der Waals surface area contributed by atoms with E-state index in [1.165, 1.54) is 12.1 Å². The second-order valence-corrected chi connectivity index (χ2v) is 4.65. The zero-order chi connectivity index (χ0) is 13.8. The first kappa shape index (κ1) is 14.8. The zero-order valence-corrected chi connectivity index (χ0v) is 10.6. The molecule has 0 aliphatic rings. The van der Waals surface area contributed by atoms with Gasteiger partial charge in [-0.1, -0.05) is 6.92 Å². The standard InChI is InChI=1S/C13H19F3N2/c1-3-12(2,8-9-17)18-11-6-4-10(5-7-11)13(14,15)16/h4-7,18H,3,8-9,17H2,1-2H3. The van der Waals surface area contributed by atoms with Crippen molar-refractivity contribution in [3.63, 3.8) is 0 Å². The second kappa shape index (κ2) is 5.61. The number of rotatable bonds is 5. The fourth-order valence-corrected chi connectivity index (χ4v) is 1.74. The summed E-state index contributed by atoms with van der Waals surface area (Å²) in [5, 5.41) is 3.24. The summed E-state index contributed by atoms with van der Waals surface area (Å²) in [6.07, 6.45) is -2.67. The van der Waals surface area contributed by atoms with E-state index in [-0.39, 0.29) is 5.54 Å². The molecule has 0 fully saturated rings. The Bertz CT molecular complexity index is 373. The molecule has 1 atom stereocenters. The number of nitrogens with one attached hydrogen (secondary N) is 1. The van der Waals surface area contributed by atoms with Crippen LogP contribution in [0, 0.1) is 0 Å². The van der Waals surface area contributed by atoms with Crippen molar-refractivity contribution in [3.05, 3.63) is 29.8 Å². The van der Waals surface area contributed by atoms with E-state index in [1.54, 1.807) is 0 Å². The average molecular weight is 260 g/mol. The fraction of sp³-hybridized carbons (Fsp3) is 0.538. The lowest BCUT2D eigenvalue weighted by molar-refractivity contribution is -0.137. The van der Waals surface area contributed by atoms with Crippen molar-refractivity contribution in [2.75, 3.05) is 11.9 Å². The minimum absolute atomic E-state index is 0.186. The Labute approximate surface area is 105 Å². The molecule has 3 N–H and O–H groups in total. The van der Waals surface area contributed by atoms with Crippen molar-refractivity contribution < 1.29 is 13.2 Å². The van der Waals surface area contributed by atoms with Crippen LogP contribution in [0.15, 0.2) is 24.3 Å². The maximum atomic E-state index is 12.4. The van der Waals surface area contributed by atoms with E-state index >= 15 is 0 Å². The molecule has 1 aromatic carbocycles. The molecule has 0 bridgehead atoms. The molecule has 0 amide bonds. The highest BCUT2D eigenvalue weighted by molar-refractivity contribution is 5.47. The molecule has 0 saturated carbocycles. The van der Waals surface area contributed by atoms with E-state index in [0.29, 0.717) is 12.2 Å². The predicted molar refractivity (Wildman–Crippen MR) is 67.4 cm³/mol. The molecule has 0 aliphatic heterocycles. The Morgan fingerprint density at radius 1 is 1.17 bits per heavy atom. The van der Waals surface area contributed by atoms with Crippen LogP contribution < -0.4 is 11.1 Å². The van der Waals surface area contributed by atoms with Gasteiger partial charge in [-0.3, -0.25) is 0 Å². The van der Waals surface area contributed by atoms with Crippen molar-refractivity contribution in [1.82, 2.24) is 0 Å². The summed E-state index contributed by atoms with van der Waals surface area (Å²) in [4.78, 5) is 0. The molecule has 102 valence electrons. The molecule has 0 radical (unpaired) electrons. The first-order chi connectivity index (χ1) is 8.30. The van der Waals surface area contributed by atoms with Gasteiger partial charge in [-0.15, -0.1) is 0 Å². The zero-order valence-electron chi connectivity index (χ0n) is 10.6. The van der Waals surface area contributed by atoms with Crippen molar-refractivity contribution >= 4 is 5.69 Å². The van der Waals surface area contributed by atoms with Gasteiger partial charge < -0.3 is 11.1 Å². The Hall–Kier alpha value is -1.23. The minimum atomic E-state index is -4.29. The molecular weight excluding hydrogens is 241 g/mol. The van der Waals surface area contributed by atoms with Gasteiger partial charge in [-0.05, 0) is 50.6 Å². The van der Waals surface area contributed by atoms with Crippen molar-refractivity contribution in [1.29, 1.82) is 0 Å². The van der Waals surface area contributed by atoms with Crippen LogP contribution in [0.3, 0.4) is 0 Å².